The molecular formula is C33H29F2N5O4. The number of nitrogens with zero attached hydrogens (tertiary/aromatic N) is 4. The Hall–Kier alpha value is -5.25. The van der Waals surface area contributed by atoms with Crippen LogP contribution in [0.1, 0.15) is 34.8 Å². The van der Waals surface area contributed by atoms with Gasteiger partial charge >= 0.3 is 0 Å². The number of aliphatic imine (C=N–C) groups is 1. The van der Waals surface area contributed by atoms with Crippen LogP contribution in [0.3, 0.4) is 0 Å². The second kappa shape index (κ2) is 13.8. The molecule has 0 fully saturated rings. The molecule has 44 heavy (non-hydrogen) atoms. The Bertz CT molecular complexity index is 1670. The molecule has 0 radical (unpaired) electrons. The Morgan fingerprint density at radius 3 is 2.43 bits per heavy atom. The van der Waals surface area contributed by atoms with Gasteiger partial charge in [-0.3, -0.25) is 4.79 Å². The van der Waals surface area contributed by atoms with Crippen molar-refractivity contribution in [2.75, 3.05) is 13.2 Å². The summed E-state index contributed by atoms with van der Waals surface area (Å²) in [4.78, 5) is 22.2. The number of hydrogen-bond donors (Lipinski definition) is 2. The minimum Gasteiger partial charge on any atom is -0.494 e. The molecule has 2 atom stereocenters. The number of benzene rings is 4. The lowest BCUT2D eigenvalue weighted by Crippen LogP contribution is -2.49. The quantitative estimate of drug-likeness (QED) is 0.0838. The molecule has 0 unspecified atom stereocenters. The molecule has 9 nitrogen and oxygen atoms in total. The number of halogens is 2. The van der Waals surface area contributed by atoms with Crippen LogP contribution in [0.15, 0.2) is 107 Å². The van der Waals surface area contributed by atoms with Crippen LogP contribution in [0.4, 0.5) is 14.5 Å². The maximum absolute atomic E-state index is 14.3. The average molecular weight is 598 g/mol. The number of carbonyl (C=O) groups is 1. The van der Waals surface area contributed by atoms with Crippen LogP contribution in [0, 0.1) is 11.6 Å². The molecule has 224 valence electrons. The average Bonchev–Trinajstić information content (AvgIpc) is 3.42. The Morgan fingerprint density at radius 2 is 1.73 bits per heavy atom. The standard InChI is InChI=1S/C33H29F2N5O4/c34-26-17-22(18-27(35)19-26)21-37-32(42)33(20-25-9-4-5-10-29(25)39-40-36)30(23-7-2-1-3-8-23)44-31(38-33)24-11-13-28(14-12-24)43-16-6-15-41/h1-5,7-14,17-19,30,41H,6,15-16,20-21H2,(H,37,42)/t30-,33-/m1/s1. The first-order chi connectivity index (χ1) is 21.4. The third-order valence-electron chi connectivity index (χ3n) is 7.11. The summed E-state index contributed by atoms with van der Waals surface area (Å²) in [5, 5.41) is 15.7. The van der Waals surface area contributed by atoms with Crippen LogP contribution in [0.5, 0.6) is 5.75 Å². The van der Waals surface area contributed by atoms with Gasteiger partial charge in [0.2, 0.25) is 5.90 Å². The van der Waals surface area contributed by atoms with Crippen molar-refractivity contribution in [1.82, 2.24) is 5.32 Å². The van der Waals surface area contributed by atoms with Gasteiger partial charge in [-0.1, -0.05) is 59.7 Å². The highest BCUT2D eigenvalue weighted by Crippen LogP contribution is 2.43. The summed E-state index contributed by atoms with van der Waals surface area (Å²) < 4.78 is 39.9. The number of hydrogen-bond acceptors (Lipinski definition) is 6. The van der Waals surface area contributed by atoms with E-state index in [0.29, 0.717) is 41.2 Å². The topological polar surface area (TPSA) is 129 Å². The van der Waals surface area contributed by atoms with Gasteiger partial charge in [-0.2, -0.15) is 0 Å². The molecule has 0 bridgehead atoms. The third-order valence-corrected chi connectivity index (χ3v) is 7.11. The van der Waals surface area contributed by atoms with Crippen LogP contribution >= 0.6 is 0 Å². The summed E-state index contributed by atoms with van der Waals surface area (Å²) >= 11 is 0. The Labute approximate surface area is 252 Å². The molecule has 0 saturated carbocycles. The van der Waals surface area contributed by atoms with Crippen molar-refractivity contribution in [3.8, 4) is 5.75 Å². The number of carbonyl (C=O) groups excluding carboxylic acids is 1. The van der Waals surface area contributed by atoms with Gasteiger partial charge in [0, 0.05) is 48.2 Å². The van der Waals surface area contributed by atoms with Crippen LogP contribution in [-0.4, -0.2) is 35.7 Å². The highest BCUT2D eigenvalue weighted by Gasteiger charge is 2.53. The number of ether oxygens (including phenoxy) is 2. The molecule has 2 N–H and O–H groups in total. The van der Waals surface area contributed by atoms with Gasteiger partial charge in [0.05, 0.1) is 6.61 Å². The molecule has 4 aromatic rings. The zero-order chi connectivity index (χ0) is 30.9. The predicted octanol–water partition coefficient (Wildman–Crippen LogP) is 6.48. The highest BCUT2D eigenvalue weighted by molar-refractivity contribution is 6.01. The number of nitrogens with one attached hydrogen (secondary N) is 1. The molecule has 4 aromatic carbocycles. The number of aliphatic hydroxyl groups is 1. The number of rotatable bonds is 12. The maximum atomic E-state index is 14.3. The fraction of sp³-hybridized carbons (Fsp3) is 0.212. The zero-order valence-corrected chi connectivity index (χ0v) is 23.6. The molecule has 11 heteroatoms. The van der Waals surface area contributed by atoms with E-state index in [0.717, 1.165) is 18.2 Å². The summed E-state index contributed by atoms with van der Waals surface area (Å²) in [5.41, 5.74) is 9.95. The molecule has 1 heterocycles. The van der Waals surface area contributed by atoms with Gasteiger partial charge in [-0.05, 0) is 58.6 Å². The van der Waals surface area contributed by atoms with Gasteiger partial charge in [-0.25, -0.2) is 13.8 Å². The van der Waals surface area contributed by atoms with Gasteiger partial charge in [0.25, 0.3) is 5.91 Å². The van der Waals surface area contributed by atoms with Crippen molar-refractivity contribution in [2.45, 2.75) is 31.0 Å². The van der Waals surface area contributed by atoms with Crippen LogP contribution in [0.2, 0.25) is 0 Å². The first-order valence-corrected chi connectivity index (χ1v) is 13.9. The minimum absolute atomic E-state index is 0.0169. The zero-order valence-electron chi connectivity index (χ0n) is 23.6. The van der Waals surface area contributed by atoms with E-state index in [1.54, 1.807) is 48.5 Å². The predicted molar refractivity (Wildman–Crippen MR) is 160 cm³/mol. The second-order valence-corrected chi connectivity index (χ2v) is 10.2. The fourth-order valence-corrected chi connectivity index (χ4v) is 5.05. The molecule has 0 spiro atoms. The number of aliphatic hydroxyl groups excluding tert-OH is 1. The molecule has 0 aliphatic carbocycles. The maximum Gasteiger partial charge on any atom is 0.252 e. The minimum atomic E-state index is -1.61. The normalized spacial score (nSPS) is 17.2. The van der Waals surface area contributed by atoms with E-state index in [-0.39, 0.29) is 31.0 Å². The van der Waals surface area contributed by atoms with Crippen molar-refractivity contribution in [1.29, 1.82) is 0 Å². The van der Waals surface area contributed by atoms with Crippen molar-refractivity contribution in [3.05, 3.63) is 141 Å². The second-order valence-electron chi connectivity index (χ2n) is 10.2. The summed E-state index contributed by atoms with van der Waals surface area (Å²) in [7, 11) is 0. The molecule has 5 rings (SSSR count). The SMILES string of the molecule is [N-]=[N+]=Nc1ccccc1C[C@@]1(C(=O)NCc2cc(F)cc(F)c2)N=C(c2ccc(OCCCO)cc2)O[C@@H]1c1ccccc1. The number of azide groups is 1. The van der Waals surface area contributed by atoms with E-state index in [4.69, 9.17) is 19.6 Å². The van der Waals surface area contributed by atoms with Crippen molar-refractivity contribution >= 4 is 17.5 Å². The van der Waals surface area contributed by atoms with Crippen molar-refractivity contribution < 1.29 is 28.2 Å². The number of amides is 1. The molecule has 0 saturated heterocycles. The van der Waals surface area contributed by atoms with Gasteiger partial charge < -0.3 is 19.9 Å². The smallest absolute Gasteiger partial charge is 0.252 e. The summed E-state index contributed by atoms with van der Waals surface area (Å²) in [6.45, 7) is 0.205. The van der Waals surface area contributed by atoms with Crippen LogP contribution in [-0.2, 0) is 22.5 Å². The van der Waals surface area contributed by atoms with E-state index >= 15 is 0 Å². The largest absolute Gasteiger partial charge is 0.494 e. The molecule has 0 aromatic heterocycles. The molecular weight excluding hydrogens is 568 g/mol. The first-order valence-electron chi connectivity index (χ1n) is 13.9. The molecule has 1 aliphatic rings. The van der Waals surface area contributed by atoms with Crippen molar-refractivity contribution in [2.24, 2.45) is 10.1 Å². The van der Waals surface area contributed by atoms with E-state index in [1.807, 2.05) is 30.3 Å². The summed E-state index contributed by atoms with van der Waals surface area (Å²) in [6, 6.07) is 26.0. The highest BCUT2D eigenvalue weighted by atomic mass is 19.1. The lowest BCUT2D eigenvalue weighted by atomic mass is 9.81. The van der Waals surface area contributed by atoms with Crippen molar-refractivity contribution in [3.63, 3.8) is 0 Å². The van der Waals surface area contributed by atoms with Gasteiger partial charge in [0.15, 0.2) is 11.6 Å². The Morgan fingerprint density at radius 1 is 1.02 bits per heavy atom. The van der Waals surface area contributed by atoms with Gasteiger partial charge in [0.1, 0.15) is 17.4 Å². The van der Waals surface area contributed by atoms with E-state index < -0.39 is 29.2 Å². The van der Waals surface area contributed by atoms with Gasteiger partial charge in [-0.15, -0.1) is 0 Å². The Kier molecular flexibility index (Phi) is 9.49. The first kappa shape index (κ1) is 30.2. The lowest BCUT2D eigenvalue weighted by molar-refractivity contribution is -0.129. The summed E-state index contributed by atoms with van der Waals surface area (Å²) in [5.74, 6) is -1.28. The summed E-state index contributed by atoms with van der Waals surface area (Å²) in [6.07, 6.45) is -0.438. The van der Waals surface area contributed by atoms with E-state index in [1.165, 1.54) is 0 Å². The monoisotopic (exact) mass is 597 g/mol. The van der Waals surface area contributed by atoms with Crippen LogP contribution in [0.25, 0.3) is 10.4 Å². The molecule has 1 aliphatic heterocycles. The Balaban J connectivity index is 1.58. The fourth-order valence-electron chi connectivity index (χ4n) is 5.05. The third kappa shape index (κ3) is 6.86. The van der Waals surface area contributed by atoms with Crippen LogP contribution < -0.4 is 10.1 Å². The lowest BCUT2D eigenvalue weighted by Gasteiger charge is -2.31. The van der Waals surface area contributed by atoms with E-state index in [9.17, 15) is 19.1 Å². The molecule has 1 amide bonds. The van der Waals surface area contributed by atoms with E-state index in [2.05, 4.69) is 15.3 Å².